The Morgan fingerprint density at radius 1 is 1.24 bits per heavy atom. The summed E-state index contributed by atoms with van der Waals surface area (Å²) in [5.41, 5.74) is 5.74. The molecule has 1 fully saturated rings. The summed E-state index contributed by atoms with van der Waals surface area (Å²) < 4.78 is 24.7. The van der Waals surface area contributed by atoms with Crippen molar-refractivity contribution >= 4 is 33.0 Å². The molecule has 3 nitrogen and oxygen atoms in total. The molecule has 6 heteroatoms. The molecule has 0 aromatic heterocycles. The summed E-state index contributed by atoms with van der Waals surface area (Å²) in [6, 6.07) is 4.45. The number of nitrogens with two attached hydrogens (primary N) is 1. The molecule has 2 N–H and O–H groups in total. The molecule has 0 heterocycles. The fourth-order valence-corrected chi connectivity index (χ4v) is 4.74. The van der Waals surface area contributed by atoms with E-state index in [0.29, 0.717) is 17.9 Å². The van der Waals surface area contributed by atoms with Gasteiger partial charge in [0.1, 0.15) is 0 Å². The van der Waals surface area contributed by atoms with Crippen molar-refractivity contribution in [3.63, 3.8) is 0 Å². The average Bonchev–Trinajstić information content (AvgIpc) is 2.69. The van der Waals surface area contributed by atoms with Gasteiger partial charge in [-0.1, -0.05) is 23.2 Å². The molecule has 0 saturated heterocycles. The van der Waals surface area contributed by atoms with E-state index in [9.17, 15) is 8.42 Å². The fourth-order valence-electron chi connectivity index (χ4n) is 2.13. The Hall–Kier alpha value is -0.290. The first-order chi connectivity index (χ1) is 7.91. The molecular formula is C11H13Cl2NO2S. The molecule has 0 radical (unpaired) electrons. The monoisotopic (exact) mass is 293 g/mol. The zero-order valence-corrected chi connectivity index (χ0v) is 11.4. The van der Waals surface area contributed by atoms with Crippen LogP contribution >= 0.6 is 23.2 Å². The Labute approximate surface area is 111 Å². The number of halogens is 2. The van der Waals surface area contributed by atoms with Crippen molar-refractivity contribution in [3.8, 4) is 0 Å². The molecule has 17 heavy (non-hydrogen) atoms. The second-order valence-electron chi connectivity index (χ2n) is 4.31. The number of sulfone groups is 1. The normalized spacial score (nSPS) is 25.1. The highest BCUT2D eigenvalue weighted by Gasteiger charge is 2.35. The lowest BCUT2D eigenvalue weighted by Gasteiger charge is -2.13. The predicted molar refractivity (Wildman–Crippen MR) is 69.3 cm³/mol. The van der Waals surface area contributed by atoms with E-state index in [-0.39, 0.29) is 16.0 Å². The number of rotatable bonds is 2. The average molecular weight is 294 g/mol. The van der Waals surface area contributed by atoms with Crippen LogP contribution < -0.4 is 5.73 Å². The molecule has 2 rings (SSSR count). The standard InChI is InChI=1S/C11H13Cl2NO2S/c12-7-1-4-10(13)11(5-7)17(15,16)9-3-2-8(14)6-9/h1,4-5,8-9H,2-3,6,14H2. The van der Waals surface area contributed by atoms with Gasteiger partial charge in [0.2, 0.25) is 0 Å². The summed E-state index contributed by atoms with van der Waals surface area (Å²) >= 11 is 11.7. The maximum atomic E-state index is 12.4. The molecule has 94 valence electrons. The lowest BCUT2D eigenvalue weighted by atomic mass is 10.3. The van der Waals surface area contributed by atoms with Crippen molar-refractivity contribution in [2.45, 2.75) is 35.4 Å². The lowest BCUT2D eigenvalue weighted by molar-refractivity contribution is 0.578. The predicted octanol–water partition coefficient (Wildman–Crippen LogP) is 2.65. The van der Waals surface area contributed by atoms with Gasteiger partial charge in [0, 0.05) is 11.1 Å². The maximum absolute atomic E-state index is 12.4. The molecule has 1 aliphatic carbocycles. The van der Waals surface area contributed by atoms with E-state index in [0.717, 1.165) is 6.42 Å². The maximum Gasteiger partial charge on any atom is 0.182 e. The van der Waals surface area contributed by atoms with Crippen LogP contribution in [0.1, 0.15) is 19.3 Å². The Bertz CT molecular complexity index is 530. The second-order valence-corrected chi connectivity index (χ2v) is 7.36. The van der Waals surface area contributed by atoms with Gasteiger partial charge in [0.25, 0.3) is 0 Å². The van der Waals surface area contributed by atoms with Crippen LogP contribution in [-0.4, -0.2) is 19.7 Å². The van der Waals surface area contributed by atoms with E-state index in [1.165, 1.54) is 12.1 Å². The quantitative estimate of drug-likeness (QED) is 0.912. The molecule has 0 amide bonds. The molecule has 0 bridgehead atoms. The SMILES string of the molecule is NC1CCC(S(=O)(=O)c2cc(Cl)ccc2Cl)C1. The van der Waals surface area contributed by atoms with Crippen molar-refractivity contribution in [1.29, 1.82) is 0 Å². The third-order valence-electron chi connectivity index (χ3n) is 3.06. The minimum atomic E-state index is -3.42. The largest absolute Gasteiger partial charge is 0.328 e. The van der Waals surface area contributed by atoms with Gasteiger partial charge in [-0.15, -0.1) is 0 Å². The number of benzene rings is 1. The first kappa shape index (κ1) is 13.1. The molecule has 2 unspecified atom stereocenters. The van der Waals surface area contributed by atoms with Gasteiger partial charge in [-0.25, -0.2) is 8.42 Å². The van der Waals surface area contributed by atoms with E-state index in [2.05, 4.69) is 0 Å². The van der Waals surface area contributed by atoms with Gasteiger partial charge in [-0.3, -0.25) is 0 Å². The van der Waals surface area contributed by atoms with Gasteiger partial charge in [0.15, 0.2) is 9.84 Å². The smallest absolute Gasteiger partial charge is 0.182 e. The molecule has 1 aromatic carbocycles. The molecule has 0 spiro atoms. The van der Waals surface area contributed by atoms with E-state index < -0.39 is 15.1 Å². The van der Waals surface area contributed by atoms with Crippen molar-refractivity contribution in [2.75, 3.05) is 0 Å². The van der Waals surface area contributed by atoms with Crippen LogP contribution in [0, 0.1) is 0 Å². The molecular weight excluding hydrogens is 281 g/mol. The molecule has 1 saturated carbocycles. The molecule has 1 aromatic rings. The van der Waals surface area contributed by atoms with Crippen molar-refractivity contribution < 1.29 is 8.42 Å². The van der Waals surface area contributed by atoms with Crippen LogP contribution in [-0.2, 0) is 9.84 Å². The third kappa shape index (κ3) is 2.60. The van der Waals surface area contributed by atoms with Crippen LogP contribution in [0.5, 0.6) is 0 Å². The number of hydrogen-bond acceptors (Lipinski definition) is 3. The minimum absolute atomic E-state index is 0.0345. The summed E-state index contributed by atoms with van der Waals surface area (Å²) in [7, 11) is -3.42. The zero-order valence-electron chi connectivity index (χ0n) is 9.07. The Morgan fingerprint density at radius 3 is 2.53 bits per heavy atom. The van der Waals surface area contributed by atoms with Crippen molar-refractivity contribution in [3.05, 3.63) is 28.2 Å². The number of hydrogen-bond donors (Lipinski definition) is 1. The highest BCUT2D eigenvalue weighted by Crippen LogP contribution is 2.33. The van der Waals surface area contributed by atoms with Gasteiger partial charge < -0.3 is 5.73 Å². The van der Waals surface area contributed by atoms with E-state index in [1.807, 2.05) is 0 Å². The summed E-state index contributed by atoms with van der Waals surface area (Å²) in [4.78, 5) is 0.116. The van der Waals surface area contributed by atoms with Crippen LogP contribution in [0.25, 0.3) is 0 Å². The zero-order chi connectivity index (χ0) is 12.6. The Balaban J connectivity index is 2.41. The van der Waals surface area contributed by atoms with Gasteiger partial charge in [0.05, 0.1) is 15.2 Å². The fraction of sp³-hybridized carbons (Fsp3) is 0.455. The molecule has 2 atom stereocenters. The summed E-state index contributed by atoms with van der Waals surface area (Å²) in [5.74, 6) is 0. The topological polar surface area (TPSA) is 60.2 Å². The van der Waals surface area contributed by atoms with E-state index in [4.69, 9.17) is 28.9 Å². The van der Waals surface area contributed by atoms with E-state index in [1.54, 1.807) is 6.07 Å². The highest BCUT2D eigenvalue weighted by atomic mass is 35.5. The van der Waals surface area contributed by atoms with Gasteiger partial charge in [-0.2, -0.15) is 0 Å². The van der Waals surface area contributed by atoms with Crippen molar-refractivity contribution in [2.24, 2.45) is 5.73 Å². The highest BCUT2D eigenvalue weighted by molar-refractivity contribution is 7.92. The second kappa shape index (κ2) is 4.76. The van der Waals surface area contributed by atoms with Gasteiger partial charge >= 0.3 is 0 Å². The van der Waals surface area contributed by atoms with Crippen molar-refractivity contribution in [1.82, 2.24) is 0 Å². The van der Waals surface area contributed by atoms with Crippen LogP contribution in [0.4, 0.5) is 0 Å². The first-order valence-corrected chi connectivity index (χ1v) is 7.66. The van der Waals surface area contributed by atoms with E-state index >= 15 is 0 Å². The summed E-state index contributed by atoms with van der Waals surface area (Å²) in [5, 5.41) is 0.151. The Morgan fingerprint density at radius 2 is 1.94 bits per heavy atom. The minimum Gasteiger partial charge on any atom is -0.328 e. The first-order valence-electron chi connectivity index (χ1n) is 5.36. The lowest BCUT2D eigenvalue weighted by Crippen LogP contribution is -2.22. The molecule has 0 aliphatic heterocycles. The van der Waals surface area contributed by atoms with Crippen LogP contribution in [0.3, 0.4) is 0 Å². The summed E-state index contributed by atoms with van der Waals surface area (Å²) in [6.45, 7) is 0. The molecule has 1 aliphatic rings. The van der Waals surface area contributed by atoms with Crippen LogP contribution in [0.2, 0.25) is 10.0 Å². The van der Waals surface area contributed by atoms with Gasteiger partial charge in [-0.05, 0) is 37.5 Å². The van der Waals surface area contributed by atoms with Crippen LogP contribution in [0.15, 0.2) is 23.1 Å². The third-order valence-corrected chi connectivity index (χ3v) is 6.00. The summed E-state index contributed by atoms with van der Waals surface area (Å²) in [6.07, 6.45) is 1.82. The Kier molecular flexibility index (Phi) is 3.69.